The van der Waals surface area contributed by atoms with E-state index in [1.54, 1.807) is 39.3 Å². The largest absolute Gasteiger partial charge is 0.497 e. The molecular formula is C19H19N3O4S. The van der Waals surface area contributed by atoms with Crippen molar-refractivity contribution in [3.05, 3.63) is 48.5 Å². The molecule has 2 aromatic carbocycles. The zero-order valence-corrected chi connectivity index (χ0v) is 15.9. The van der Waals surface area contributed by atoms with Gasteiger partial charge in [0.05, 0.1) is 19.5 Å². The number of amides is 1. The second-order valence-corrected chi connectivity index (χ2v) is 6.88. The fraction of sp³-hybridized carbons (Fsp3) is 0.211. The number of carbonyl (C=O) groups excluding carboxylic acids is 1. The predicted molar refractivity (Wildman–Crippen MR) is 103 cm³/mol. The molecular weight excluding hydrogens is 366 g/mol. The standard InChI is InChI=1S/C19H19N3O4S/c1-12(17(23)20-14-7-5-4-6-8-14)27-19-22-21-18(26-19)13-9-15(24-2)11-16(10-13)25-3/h4-12H,1-3H3,(H,20,23)/t12-/m0/s1. The minimum atomic E-state index is -0.404. The number of carbonyl (C=O) groups is 1. The number of methoxy groups -OCH3 is 2. The number of aromatic nitrogens is 2. The van der Waals surface area contributed by atoms with Crippen LogP contribution in [0.2, 0.25) is 0 Å². The highest BCUT2D eigenvalue weighted by Crippen LogP contribution is 2.31. The van der Waals surface area contributed by atoms with Crippen LogP contribution in [0.15, 0.2) is 58.2 Å². The minimum absolute atomic E-state index is 0.144. The van der Waals surface area contributed by atoms with Gasteiger partial charge in [-0.1, -0.05) is 30.0 Å². The van der Waals surface area contributed by atoms with Gasteiger partial charge in [-0.25, -0.2) is 0 Å². The third-order valence-electron chi connectivity index (χ3n) is 3.69. The normalized spacial score (nSPS) is 11.7. The number of ether oxygens (including phenoxy) is 2. The van der Waals surface area contributed by atoms with E-state index < -0.39 is 5.25 Å². The van der Waals surface area contributed by atoms with Gasteiger partial charge in [-0.2, -0.15) is 0 Å². The molecule has 0 radical (unpaired) electrons. The molecule has 1 N–H and O–H groups in total. The molecule has 1 atom stereocenters. The lowest BCUT2D eigenvalue weighted by Gasteiger charge is -2.09. The molecule has 27 heavy (non-hydrogen) atoms. The van der Waals surface area contributed by atoms with Crippen LogP contribution >= 0.6 is 11.8 Å². The van der Waals surface area contributed by atoms with Gasteiger partial charge in [-0.15, -0.1) is 10.2 Å². The van der Waals surface area contributed by atoms with Crippen molar-refractivity contribution in [3.8, 4) is 23.0 Å². The quantitative estimate of drug-likeness (QED) is 0.618. The summed E-state index contributed by atoms with van der Waals surface area (Å²) in [5.41, 5.74) is 1.41. The van der Waals surface area contributed by atoms with Gasteiger partial charge in [0.2, 0.25) is 11.8 Å². The van der Waals surface area contributed by atoms with Crippen molar-refractivity contribution in [1.82, 2.24) is 10.2 Å². The lowest BCUT2D eigenvalue weighted by Crippen LogP contribution is -2.22. The summed E-state index contributed by atoms with van der Waals surface area (Å²) in [5, 5.41) is 10.8. The first-order valence-corrected chi connectivity index (χ1v) is 9.06. The molecule has 0 aliphatic carbocycles. The van der Waals surface area contributed by atoms with Crippen LogP contribution in [-0.2, 0) is 4.79 Å². The first-order chi connectivity index (χ1) is 13.1. The molecule has 0 aliphatic heterocycles. The molecule has 0 spiro atoms. The number of hydrogen-bond acceptors (Lipinski definition) is 7. The van der Waals surface area contributed by atoms with Crippen molar-refractivity contribution in [2.45, 2.75) is 17.4 Å². The molecule has 0 bridgehead atoms. The molecule has 8 heteroatoms. The van der Waals surface area contributed by atoms with Crippen LogP contribution in [0.3, 0.4) is 0 Å². The summed E-state index contributed by atoms with van der Waals surface area (Å²) in [4.78, 5) is 12.3. The first-order valence-electron chi connectivity index (χ1n) is 8.18. The van der Waals surface area contributed by atoms with E-state index in [2.05, 4.69) is 15.5 Å². The number of rotatable bonds is 7. The van der Waals surface area contributed by atoms with E-state index in [0.29, 0.717) is 28.2 Å². The van der Waals surface area contributed by atoms with Gasteiger partial charge in [-0.05, 0) is 31.2 Å². The Labute approximate surface area is 161 Å². The summed E-state index contributed by atoms with van der Waals surface area (Å²) in [6.45, 7) is 1.78. The molecule has 0 saturated heterocycles. The van der Waals surface area contributed by atoms with Crippen molar-refractivity contribution < 1.29 is 18.7 Å². The number of nitrogens with zero attached hydrogens (tertiary/aromatic N) is 2. The van der Waals surface area contributed by atoms with E-state index in [1.807, 2.05) is 30.3 Å². The molecule has 0 fully saturated rings. The predicted octanol–water partition coefficient (Wildman–Crippen LogP) is 3.87. The average molecular weight is 385 g/mol. The van der Waals surface area contributed by atoms with E-state index in [9.17, 15) is 4.79 Å². The van der Waals surface area contributed by atoms with Crippen LogP contribution in [0, 0.1) is 0 Å². The second-order valence-electron chi connectivity index (χ2n) is 5.59. The highest BCUT2D eigenvalue weighted by molar-refractivity contribution is 8.00. The van der Waals surface area contributed by atoms with Crippen molar-refractivity contribution in [2.75, 3.05) is 19.5 Å². The number of nitrogens with one attached hydrogen (secondary N) is 1. The van der Waals surface area contributed by atoms with Gasteiger partial charge in [0.15, 0.2) is 0 Å². The van der Waals surface area contributed by atoms with Crippen LogP contribution in [-0.4, -0.2) is 35.6 Å². The zero-order chi connectivity index (χ0) is 19.2. The van der Waals surface area contributed by atoms with Crippen LogP contribution < -0.4 is 14.8 Å². The zero-order valence-electron chi connectivity index (χ0n) is 15.1. The molecule has 3 rings (SSSR count). The Bertz CT molecular complexity index is 892. The summed E-state index contributed by atoms with van der Waals surface area (Å²) in [6.07, 6.45) is 0. The van der Waals surface area contributed by atoms with Gasteiger partial charge >= 0.3 is 0 Å². The highest BCUT2D eigenvalue weighted by atomic mass is 32.2. The Morgan fingerprint density at radius 3 is 2.37 bits per heavy atom. The Balaban J connectivity index is 1.69. The number of anilines is 1. The van der Waals surface area contributed by atoms with Crippen molar-refractivity contribution >= 4 is 23.4 Å². The Hall–Kier alpha value is -3.00. The average Bonchev–Trinajstić information content (AvgIpc) is 3.16. The fourth-order valence-corrected chi connectivity index (χ4v) is 2.96. The number of hydrogen-bond donors (Lipinski definition) is 1. The monoisotopic (exact) mass is 385 g/mol. The molecule has 3 aromatic rings. The molecule has 0 aliphatic rings. The molecule has 1 aromatic heterocycles. The van der Waals surface area contributed by atoms with Crippen molar-refractivity contribution in [1.29, 1.82) is 0 Å². The molecule has 1 amide bonds. The van der Waals surface area contributed by atoms with Gasteiger partial charge < -0.3 is 19.2 Å². The lowest BCUT2D eigenvalue weighted by atomic mass is 10.2. The van der Waals surface area contributed by atoms with Crippen molar-refractivity contribution in [2.24, 2.45) is 0 Å². The van der Waals surface area contributed by atoms with Crippen molar-refractivity contribution in [3.63, 3.8) is 0 Å². The minimum Gasteiger partial charge on any atom is -0.497 e. The number of benzene rings is 2. The summed E-state index contributed by atoms with van der Waals surface area (Å²) >= 11 is 1.19. The molecule has 1 heterocycles. The van der Waals surface area contributed by atoms with Gasteiger partial charge in [0, 0.05) is 17.3 Å². The number of para-hydroxylation sites is 1. The Kier molecular flexibility index (Phi) is 5.97. The molecule has 0 unspecified atom stereocenters. The van der Waals surface area contributed by atoms with E-state index in [1.165, 1.54) is 11.8 Å². The molecule has 0 saturated carbocycles. The van der Waals surface area contributed by atoms with Crippen LogP contribution in [0.4, 0.5) is 5.69 Å². The molecule has 140 valence electrons. The molecule has 7 nitrogen and oxygen atoms in total. The van der Waals surface area contributed by atoms with Crippen LogP contribution in [0.25, 0.3) is 11.5 Å². The lowest BCUT2D eigenvalue weighted by molar-refractivity contribution is -0.115. The fourth-order valence-electron chi connectivity index (χ4n) is 2.28. The van der Waals surface area contributed by atoms with E-state index in [0.717, 1.165) is 5.69 Å². The maximum absolute atomic E-state index is 12.3. The Morgan fingerprint density at radius 1 is 1.07 bits per heavy atom. The SMILES string of the molecule is COc1cc(OC)cc(-c2nnc(S[C@@H](C)C(=O)Nc3ccccc3)o2)c1. The van der Waals surface area contributed by atoms with Gasteiger partial charge in [0.1, 0.15) is 11.5 Å². The third-order valence-corrected chi connectivity index (χ3v) is 4.63. The number of thioether (sulfide) groups is 1. The first kappa shape index (κ1) is 18.8. The highest BCUT2D eigenvalue weighted by Gasteiger charge is 2.19. The smallest absolute Gasteiger partial charge is 0.277 e. The Morgan fingerprint density at radius 2 is 1.74 bits per heavy atom. The van der Waals surface area contributed by atoms with Crippen LogP contribution in [0.5, 0.6) is 11.5 Å². The van der Waals surface area contributed by atoms with Gasteiger partial charge in [-0.3, -0.25) is 4.79 Å². The summed E-state index contributed by atoms with van der Waals surface area (Å²) in [6, 6.07) is 14.6. The maximum Gasteiger partial charge on any atom is 0.277 e. The van der Waals surface area contributed by atoms with E-state index >= 15 is 0 Å². The van der Waals surface area contributed by atoms with Crippen LogP contribution in [0.1, 0.15) is 6.92 Å². The second kappa shape index (κ2) is 8.59. The maximum atomic E-state index is 12.3. The van der Waals surface area contributed by atoms with Gasteiger partial charge in [0.25, 0.3) is 5.22 Å². The van der Waals surface area contributed by atoms with E-state index in [-0.39, 0.29) is 5.91 Å². The topological polar surface area (TPSA) is 86.5 Å². The summed E-state index contributed by atoms with van der Waals surface area (Å²) < 4.78 is 16.2. The summed E-state index contributed by atoms with van der Waals surface area (Å²) in [7, 11) is 3.14. The van der Waals surface area contributed by atoms with E-state index in [4.69, 9.17) is 13.9 Å². The summed E-state index contributed by atoms with van der Waals surface area (Å²) in [5.74, 6) is 1.42. The third kappa shape index (κ3) is 4.79.